The quantitative estimate of drug-likeness (QED) is 0.834. The lowest BCUT2D eigenvalue weighted by Gasteiger charge is -2.02. The highest BCUT2D eigenvalue weighted by molar-refractivity contribution is 7.85. The average molecular weight is 261 g/mol. The first-order valence-electron chi connectivity index (χ1n) is 4.94. The van der Waals surface area contributed by atoms with Gasteiger partial charge in [-0.05, 0) is 31.0 Å². The first kappa shape index (κ1) is 11.7. The van der Waals surface area contributed by atoms with Gasteiger partial charge >= 0.3 is 0 Å². The third-order valence-electron chi connectivity index (χ3n) is 2.46. The molecule has 1 aliphatic rings. The summed E-state index contributed by atoms with van der Waals surface area (Å²) < 4.78 is 24.6. The Hall–Kier alpha value is -0.740. The SMILES string of the molecule is O=C(CS(=O)c1ccc(F)c(Cl)c1)C1CC1. The number of benzene rings is 1. The van der Waals surface area contributed by atoms with Crippen LogP contribution in [0.5, 0.6) is 0 Å². The Bertz CT molecular complexity index is 457. The highest BCUT2D eigenvalue weighted by Crippen LogP contribution is 2.30. The molecular formula is C11H10ClFO2S. The van der Waals surface area contributed by atoms with E-state index in [1.165, 1.54) is 12.1 Å². The second-order valence-electron chi connectivity index (χ2n) is 3.81. The van der Waals surface area contributed by atoms with Crippen molar-refractivity contribution in [1.82, 2.24) is 0 Å². The second kappa shape index (κ2) is 4.63. The molecule has 0 spiro atoms. The van der Waals surface area contributed by atoms with Crippen LogP contribution in [0.1, 0.15) is 12.8 Å². The van der Waals surface area contributed by atoms with Gasteiger partial charge in [-0.15, -0.1) is 0 Å². The summed E-state index contributed by atoms with van der Waals surface area (Å²) >= 11 is 5.57. The number of carbonyl (C=O) groups is 1. The molecule has 2 rings (SSSR count). The van der Waals surface area contributed by atoms with Gasteiger partial charge in [0.05, 0.1) is 21.6 Å². The van der Waals surface area contributed by atoms with Crippen LogP contribution in [0.25, 0.3) is 0 Å². The smallest absolute Gasteiger partial charge is 0.148 e. The van der Waals surface area contributed by atoms with Crippen LogP contribution in [0.2, 0.25) is 5.02 Å². The minimum atomic E-state index is -1.41. The Morgan fingerprint density at radius 2 is 2.19 bits per heavy atom. The van der Waals surface area contributed by atoms with E-state index < -0.39 is 16.6 Å². The summed E-state index contributed by atoms with van der Waals surface area (Å²) in [5, 5.41) is -0.0651. The van der Waals surface area contributed by atoms with Crippen molar-refractivity contribution >= 4 is 28.2 Å². The zero-order valence-electron chi connectivity index (χ0n) is 8.41. The van der Waals surface area contributed by atoms with Gasteiger partial charge in [0.1, 0.15) is 11.6 Å². The zero-order valence-corrected chi connectivity index (χ0v) is 9.98. The fraction of sp³-hybridized carbons (Fsp3) is 0.364. The van der Waals surface area contributed by atoms with Gasteiger partial charge < -0.3 is 0 Å². The summed E-state index contributed by atoms with van der Waals surface area (Å²) in [6.07, 6.45) is 1.81. The largest absolute Gasteiger partial charge is 0.298 e. The van der Waals surface area contributed by atoms with Crippen molar-refractivity contribution < 1.29 is 13.4 Å². The average Bonchev–Trinajstić information content (AvgIpc) is 3.05. The fourth-order valence-electron chi connectivity index (χ4n) is 1.35. The summed E-state index contributed by atoms with van der Waals surface area (Å²) in [6, 6.07) is 3.88. The van der Waals surface area contributed by atoms with Crippen molar-refractivity contribution in [3.8, 4) is 0 Å². The third kappa shape index (κ3) is 2.68. The minimum Gasteiger partial charge on any atom is -0.298 e. The Morgan fingerprint density at radius 1 is 1.50 bits per heavy atom. The molecule has 0 heterocycles. The zero-order chi connectivity index (χ0) is 11.7. The van der Waals surface area contributed by atoms with E-state index in [4.69, 9.17) is 11.6 Å². The number of carbonyl (C=O) groups excluding carboxylic acids is 1. The normalized spacial score (nSPS) is 17.1. The molecule has 86 valence electrons. The van der Waals surface area contributed by atoms with E-state index in [2.05, 4.69) is 0 Å². The van der Waals surface area contributed by atoms with Gasteiger partial charge in [-0.3, -0.25) is 9.00 Å². The van der Waals surface area contributed by atoms with Crippen molar-refractivity contribution in [1.29, 1.82) is 0 Å². The van der Waals surface area contributed by atoms with Crippen molar-refractivity contribution in [3.05, 3.63) is 29.0 Å². The lowest BCUT2D eigenvalue weighted by Crippen LogP contribution is -2.12. The molecule has 1 fully saturated rings. The van der Waals surface area contributed by atoms with E-state index >= 15 is 0 Å². The molecule has 1 unspecified atom stereocenters. The van der Waals surface area contributed by atoms with E-state index in [0.717, 1.165) is 18.9 Å². The Kier molecular flexibility index (Phi) is 3.40. The third-order valence-corrected chi connectivity index (χ3v) is 4.08. The van der Waals surface area contributed by atoms with Crippen molar-refractivity contribution in [2.45, 2.75) is 17.7 Å². The van der Waals surface area contributed by atoms with Gasteiger partial charge in [-0.1, -0.05) is 11.6 Å². The number of halogens is 2. The van der Waals surface area contributed by atoms with Crippen molar-refractivity contribution in [3.63, 3.8) is 0 Å². The van der Waals surface area contributed by atoms with Crippen LogP contribution in [0.3, 0.4) is 0 Å². The van der Waals surface area contributed by atoms with E-state index in [-0.39, 0.29) is 22.5 Å². The van der Waals surface area contributed by atoms with Crippen LogP contribution >= 0.6 is 11.6 Å². The summed E-state index contributed by atoms with van der Waals surface area (Å²) in [7, 11) is -1.41. The molecule has 5 heteroatoms. The predicted molar refractivity (Wildman–Crippen MR) is 60.4 cm³/mol. The molecule has 1 saturated carbocycles. The monoisotopic (exact) mass is 260 g/mol. The molecule has 1 aromatic rings. The maximum absolute atomic E-state index is 12.9. The van der Waals surface area contributed by atoms with Crippen LogP contribution in [0.4, 0.5) is 4.39 Å². The number of hydrogen-bond acceptors (Lipinski definition) is 2. The van der Waals surface area contributed by atoms with Crippen molar-refractivity contribution in [2.24, 2.45) is 5.92 Å². The molecule has 0 amide bonds. The number of Topliss-reactive ketones (excluding diaryl/α,β-unsaturated/α-hetero) is 1. The van der Waals surface area contributed by atoms with Gasteiger partial charge in [0.2, 0.25) is 0 Å². The van der Waals surface area contributed by atoms with Gasteiger partial charge in [0, 0.05) is 10.8 Å². The van der Waals surface area contributed by atoms with E-state index in [9.17, 15) is 13.4 Å². The molecule has 1 aliphatic carbocycles. The summed E-state index contributed by atoms with van der Waals surface area (Å²) in [6.45, 7) is 0. The molecule has 0 aliphatic heterocycles. The van der Waals surface area contributed by atoms with E-state index in [0.29, 0.717) is 4.90 Å². The lowest BCUT2D eigenvalue weighted by atomic mass is 10.3. The predicted octanol–water partition coefficient (Wildman–Crippen LogP) is 2.57. The van der Waals surface area contributed by atoms with Gasteiger partial charge in [0.25, 0.3) is 0 Å². The Labute approximate surface area is 100 Å². The Morgan fingerprint density at radius 3 is 2.75 bits per heavy atom. The lowest BCUT2D eigenvalue weighted by molar-refractivity contribution is -0.117. The van der Waals surface area contributed by atoms with Gasteiger partial charge in [0.15, 0.2) is 0 Å². The maximum Gasteiger partial charge on any atom is 0.148 e. The van der Waals surface area contributed by atoms with Crippen LogP contribution in [-0.4, -0.2) is 15.7 Å². The molecule has 0 aromatic heterocycles. The Balaban J connectivity index is 2.08. The van der Waals surface area contributed by atoms with Crippen LogP contribution in [0.15, 0.2) is 23.1 Å². The standard InChI is InChI=1S/C11H10ClFO2S/c12-9-5-8(3-4-10(9)13)16(15)6-11(14)7-1-2-7/h3-5,7H,1-2,6H2. The number of hydrogen-bond donors (Lipinski definition) is 0. The topological polar surface area (TPSA) is 34.1 Å². The molecule has 0 N–H and O–H groups in total. The highest BCUT2D eigenvalue weighted by atomic mass is 35.5. The molecule has 0 bridgehead atoms. The number of rotatable bonds is 4. The summed E-state index contributed by atoms with van der Waals surface area (Å²) in [5.41, 5.74) is 0. The molecule has 0 radical (unpaired) electrons. The molecule has 0 saturated heterocycles. The summed E-state index contributed by atoms with van der Waals surface area (Å²) in [5.74, 6) is -0.415. The molecule has 2 nitrogen and oxygen atoms in total. The fourth-order valence-corrected chi connectivity index (χ4v) is 2.73. The van der Waals surface area contributed by atoms with Gasteiger partial charge in [-0.2, -0.15) is 0 Å². The van der Waals surface area contributed by atoms with E-state index in [1.807, 2.05) is 0 Å². The van der Waals surface area contributed by atoms with Crippen LogP contribution in [0, 0.1) is 11.7 Å². The highest BCUT2D eigenvalue weighted by Gasteiger charge is 2.30. The first-order valence-corrected chi connectivity index (χ1v) is 6.64. The molecule has 1 aromatic carbocycles. The van der Waals surface area contributed by atoms with E-state index in [1.54, 1.807) is 0 Å². The number of ketones is 1. The molecular weight excluding hydrogens is 251 g/mol. The van der Waals surface area contributed by atoms with Crippen molar-refractivity contribution in [2.75, 3.05) is 5.75 Å². The van der Waals surface area contributed by atoms with Crippen LogP contribution < -0.4 is 0 Å². The minimum absolute atomic E-state index is 0.00658. The maximum atomic E-state index is 12.9. The first-order chi connectivity index (χ1) is 7.58. The molecule has 1 atom stereocenters. The van der Waals surface area contributed by atoms with Gasteiger partial charge in [-0.25, -0.2) is 4.39 Å². The van der Waals surface area contributed by atoms with Crippen LogP contribution in [-0.2, 0) is 15.6 Å². The molecule has 16 heavy (non-hydrogen) atoms. The second-order valence-corrected chi connectivity index (χ2v) is 5.66. The summed E-state index contributed by atoms with van der Waals surface area (Å²) in [4.78, 5) is 11.8.